The molecule has 16 heteroatoms. The molecule has 232 valence electrons. The van der Waals surface area contributed by atoms with Crippen LogP contribution < -0.4 is 19.8 Å². The summed E-state index contributed by atoms with van der Waals surface area (Å²) in [4.78, 5) is 56.5. The molecule has 2 aliphatic heterocycles. The third-order valence-corrected chi connectivity index (χ3v) is 10.8. The summed E-state index contributed by atoms with van der Waals surface area (Å²) in [6.07, 6.45) is -4.69. The van der Waals surface area contributed by atoms with Crippen molar-refractivity contribution in [3.8, 4) is 5.75 Å². The van der Waals surface area contributed by atoms with Gasteiger partial charge in [0.05, 0.1) is 32.2 Å². The molecule has 4 aromatic rings. The number of imide groups is 1. The molecule has 3 atom stereocenters. The van der Waals surface area contributed by atoms with E-state index in [4.69, 9.17) is 27.9 Å². The standard InChI is InChI=1S/C29H17BrCl2F3N3O5S2/c30-13-4-7-19(43-11-20(39)36-14-5-6-17(31)18(32)10-14)16(9-13)21-22-24(44-25-23(21)45-28(42)37-25)27(41)38(26(22)40)15-3-1-2-12(8-15)29(33,34)35/h1-10,21-22,24H,11H2,(H,36,39)(H,37,42). The number of hydrogen-bond acceptors (Lipinski definition) is 7. The average molecular weight is 759 g/mol. The van der Waals surface area contributed by atoms with Crippen molar-refractivity contribution in [3.63, 3.8) is 0 Å². The number of aromatic nitrogens is 1. The Kier molecular flexibility index (Phi) is 8.54. The topological polar surface area (TPSA) is 109 Å². The van der Waals surface area contributed by atoms with Crippen LogP contribution in [0.5, 0.6) is 5.75 Å². The maximum Gasteiger partial charge on any atom is 0.416 e. The number of halogens is 6. The van der Waals surface area contributed by atoms with E-state index in [-0.39, 0.29) is 16.5 Å². The van der Waals surface area contributed by atoms with Gasteiger partial charge >= 0.3 is 11.0 Å². The van der Waals surface area contributed by atoms with Crippen molar-refractivity contribution in [3.05, 3.63) is 101 Å². The van der Waals surface area contributed by atoms with Gasteiger partial charge < -0.3 is 15.0 Å². The van der Waals surface area contributed by atoms with Crippen LogP contribution in [0.3, 0.4) is 0 Å². The number of rotatable bonds is 6. The number of aromatic amines is 1. The summed E-state index contributed by atoms with van der Waals surface area (Å²) in [5.74, 6) is -3.78. The smallest absolute Gasteiger partial charge is 0.416 e. The van der Waals surface area contributed by atoms with Crippen molar-refractivity contribution >= 4 is 91.3 Å². The molecule has 0 aliphatic carbocycles. The first-order valence-corrected chi connectivity index (χ1v) is 16.2. The van der Waals surface area contributed by atoms with E-state index in [0.717, 1.165) is 46.2 Å². The van der Waals surface area contributed by atoms with E-state index in [9.17, 15) is 32.3 Å². The van der Waals surface area contributed by atoms with Crippen LogP contribution in [0.15, 0.2) is 75.0 Å². The number of hydrogen-bond donors (Lipinski definition) is 2. The monoisotopic (exact) mass is 757 g/mol. The highest BCUT2D eigenvalue weighted by Crippen LogP contribution is 2.55. The minimum atomic E-state index is -4.69. The normalized spacial score (nSPS) is 19.3. The number of H-pyrrole nitrogens is 1. The van der Waals surface area contributed by atoms with Crippen molar-refractivity contribution in [2.75, 3.05) is 16.8 Å². The molecule has 0 radical (unpaired) electrons. The van der Waals surface area contributed by atoms with E-state index in [1.54, 1.807) is 24.3 Å². The Labute approximate surface area is 279 Å². The first-order chi connectivity index (χ1) is 21.3. The van der Waals surface area contributed by atoms with Crippen LogP contribution in [0.2, 0.25) is 10.0 Å². The van der Waals surface area contributed by atoms with Gasteiger partial charge in [0.25, 0.3) is 5.91 Å². The summed E-state index contributed by atoms with van der Waals surface area (Å²) < 4.78 is 47.0. The Hall–Kier alpha value is -3.30. The fraction of sp³-hybridized carbons (Fsp3) is 0.172. The summed E-state index contributed by atoms with van der Waals surface area (Å²) >= 11 is 17.2. The fourth-order valence-corrected chi connectivity index (χ4v) is 8.42. The van der Waals surface area contributed by atoms with Crippen molar-refractivity contribution in [2.45, 2.75) is 22.4 Å². The van der Waals surface area contributed by atoms with E-state index in [2.05, 4.69) is 26.2 Å². The van der Waals surface area contributed by atoms with Gasteiger partial charge in [-0.25, -0.2) is 4.90 Å². The Balaban J connectivity index is 1.36. The molecule has 0 spiro atoms. The first kappa shape index (κ1) is 31.7. The van der Waals surface area contributed by atoms with Gasteiger partial charge in [-0.15, -0.1) is 0 Å². The summed E-state index contributed by atoms with van der Waals surface area (Å²) in [5.41, 5.74) is -0.446. The zero-order valence-corrected chi connectivity index (χ0v) is 27.0. The van der Waals surface area contributed by atoms with Gasteiger partial charge in [-0.05, 0) is 54.6 Å². The number of carbonyl (C=O) groups is 3. The number of carbonyl (C=O) groups excluding carboxylic acids is 3. The molecule has 0 bridgehead atoms. The molecule has 0 saturated carbocycles. The molecule has 1 aromatic heterocycles. The lowest BCUT2D eigenvalue weighted by Crippen LogP contribution is -2.32. The minimum Gasteiger partial charge on any atom is -0.483 e. The molecular formula is C29H17BrCl2F3N3O5S2. The van der Waals surface area contributed by atoms with Crippen LogP contribution in [-0.2, 0) is 20.6 Å². The number of ether oxygens (including phenoxy) is 1. The third kappa shape index (κ3) is 6.13. The highest BCUT2D eigenvalue weighted by molar-refractivity contribution is 9.10. The summed E-state index contributed by atoms with van der Waals surface area (Å²) in [5, 5.41) is 2.51. The maximum absolute atomic E-state index is 14.0. The minimum absolute atomic E-state index is 0.197. The van der Waals surface area contributed by atoms with Crippen LogP contribution in [0, 0.1) is 5.92 Å². The Morgan fingerprint density at radius 2 is 1.80 bits per heavy atom. The van der Waals surface area contributed by atoms with Crippen LogP contribution in [0.25, 0.3) is 0 Å². The molecule has 2 aliphatic rings. The molecule has 3 aromatic carbocycles. The Bertz CT molecular complexity index is 1940. The Morgan fingerprint density at radius 1 is 1.02 bits per heavy atom. The number of fused-ring (bicyclic) bond motifs is 2. The number of nitrogens with one attached hydrogen (secondary N) is 2. The number of amides is 3. The molecule has 3 heterocycles. The van der Waals surface area contributed by atoms with Gasteiger partial charge in [-0.3, -0.25) is 19.2 Å². The zero-order chi connectivity index (χ0) is 32.2. The Morgan fingerprint density at radius 3 is 2.53 bits per heavy atom. The predicted molar refractivity (Wildman–Crippen MR) is 169 cm³/mol. The van der Waals surface area contributed by atoms with Crippen molar-refractivity contribution in [2.24, 2.45) is 5.92 Å². The quantitative estimate of drug-likeness (QED) is 0.200. The summed E-state index contributed by atoms with van der Waals surface area (Å²) in [6, 6.07) is 13.4. The number of thiazole rings is 1. The second kappa shape index (κ2) is 12.1. The second-order valence-corrected chi connectivity index (χ2v) is 13.9. The van der Waals surface area contributed by atoms with Gasteiger partial charge in [0.1, 0.15) is 11.0 Å². The average Bonchev–Trinajstić information content (AvgIpc) is 3.47. The van der Waals surface area contributed by atoms with Crippen LogP contribution in [0.4, 0.5) is 24.5 Å². The highest BCUT2D eigenvalue weighted by atomic mass is 79.9. The predicted octanol–water partition coefficient (Wildman–Crippen LogP) is 7.34. The lowest BCUT2D eigenvalue weighted by atomic mass is 9.82. The van der Waals surface area contributed by atoms with E-state index < -0.39 is 58.0 Å². The van der Waals surface area contributed by atoms with Gasteiger partial charge in [-0.2, -0.15) is 13.2 Å². The maximum atomic E-state index is 14.0. The molecule has 45 heavy (non-hydrogen) atoms. The largest absolute Gasteiger partial charge is 0.483 e. The molecule has 3 amide bonds. The van der Waals surface area contributed by atoms with Crippen LogP contribution >= 0.6 is 62.2 Å². The number of thioether (sulfide) groups is 1. The van der Waals surface area contributed by atoms with E-state index >= 15 is 0 Å². The molecule has 1 fully saturated rings. The lowest BCUT2D eigenvalue weighted by molar-refractivity contribution is -0.137. The van der Waals surface area contributed by atoms with Gasteiger partial charge in [0.2, 0.25) is 11.8 Å². The van der Waals surface area contributed by atoms with Crippen LogP contribution in [0.1, 0.15) is 21.9 Å². The summed E-state index contributed by atoms with van der Waals surface area (Å²) in [7, 11) is 0. The molecule has 2 N–H and O–H groups in total. The fourth-order valence-electron chi connectivity index (χ4n) is 5.24. The molecular weight excluding hydrogens is 742 g/mol. The van der Waals surface area contributed by atoms with Crippen molar-refractivity contribution < 1.29 is 32.3 Å². The summed E-state index contributed by atoms with van der Waals surface area (Å²) in [6.45, 7) is -0.454. The number of nitrogens with zero attached hydrogens (tertiary/aromatic N) is 1. The van der Waals surface area contributed by atoms with Crippen molar-refractivity contribution in [1.82, 2.24) is 4.98 Å². The first-order valence-electron chi connectivity index (χ1n) is 12.9. The molecule has 8 nitrogen and oxygen atoms in total. The number of benzene rings is 3. The van der Waals surface area contributed by atoms with Gasteiger partial charge in [0, 0.05) is 26.5 Å². The zero-order valence-electron chi connectivity index (χ0n) is 22.3. The van der Waals surface area contributed by atoms with Gasteiger partial charge in [0.15, 0.2) is 6.61 Å². The molecule has 3 unspecified atom stereocenters. The number of anilines is 2. The van der Waals surface area contributed by atoms with E-state index in [0.29, 0.717) is 30.6 Å². The number of alkyl halides is 3. The molecule has 1 saturated heterocycles. The highest BCUT2D eigenvalue weighted by Gasteiger charge is 2.57. The van der Waals surface area contributed by atoms with Crippen molar-refractivity contribution in [1.29, 1.82) is 0 Å². The van der Waals surface area contributed by atoms with Crippen LogP contribution in [-0.4, -0.2) is 34.6 Å². The lowest BCUT2D eigenvalue weighted by Gasteiger charge is -2.31. The van der Waals surface area contributed by atoms with Gasteiger partial charge in [-0.1, -0.05) is 68.3 Å². The third-order valence-electron chi connectivity index (χ3n) is 7.12. The van der Waals surface area contributed by atoms with E-state index in [1.165, 1.54) is 18.2 Å². The SMILES string of the molecule is O=C(COc1ccc(Br)cc1C1c2sc(=O)[nH]c2SC2C(=O)N(c3cccc(C(F)(F)F)c3)C(=O)C21)Nc1ccc(Cl)c(Cl)c1. The molecule has 6 rings (SSSR count). The van der Waals surface area contributed by atoms with E-state index in [1.807, 2.05) is 0 Å². The second-order valence-electron chi connectivity index (χ2n) is 9.96.